The van der Waals surface area contributed by atoms with E-state index < -0.39 is 94.8 Å². The number of nitrogens with zero attached hydrogens (tertiary/aromatic N) is 5. The maximum Gasteiger partial charge on any atom is 0.311 e. The number of aromatic nitrogens is 3. The van der Waals surface area contributed by atoms with Crippen LogP contribution in [-0.4, -0.2) is 187 Å². The Labute approximate surface area is 415 Å². The number of cyclic esters (lactones) is 1. The Morgan fingerprint density at radius 1 is 0.971 bits per heavy atom. The lowest BCUT2D eigenvalue weighted by Crippen LogP contribution is -2.59. The molecule has 0 aliphatic carbocycles. The second kappa shape index (κ2) is 25.5. The van der Waals surface area contributed by atoms with Gasteiger partial charge in [-0.1, -0.05) is 31.2 Å². The number of rotatable bonds is 17. The van der Waals surface area contributed by atoms with Crippen molar-refractivity contribution in [2.45, 2.75) is 203 Å². The largest absolute Gasteiger partial charge is 0.459 e. The van der Waals surface area contributed by atoms with Crippen molar-refractivity contribution >= 4 is 15.8 Å². The van der Waals surface area contributed by atoms with Crippen LogP contribution in [0.15, 0.2) is 35.4 Å². The van der Waals surface area contributed by atoms with Gasteiger partial charge in [-0.2, -0.15) is 0 Å². The number of aliphatic hydroxyl groups is 3. The average Bonchev–Trinajstić information content (AvgIpc) is 3.77. The fourth-order valence-electron chi connectivity index (χ4n) is 10.1. The standard InChI is InChI=1S/C50H84FN5O13S/c1-13-44-50(8,60)47(58)35(6)55(10)27-31(2)20-41(57)43(23-42(34(5)48(59)69-44)67-46-25-49(7,63-11)24-33(4)66-46)68-45-22-38(21-32(3)65-45)54(9)19-18-37-28-56(53-52-37)39(26-51)30-64-29-36-14-16-40(17-15-36)70(12,61)62/h14-17,28,31-35,38-39,41-47,57-58,60H,13,18-27,29-30H2,1-12H3/t31-,32-,33+,34-,35-,38+,39-,41-,42+,43-,44-,45+,46+,47-,49+,50-/m1/s1. The van der Waals surface area contributed by atoms with Crippen molar-refractivity contribution in [3.8, 4) is 0 Å². The Kier molecular flexibility index (Phi) is 21.2. The number of likely N-dealkylation sites (N-methyl/N-ethyl adjacent to an activating group) is 2. The summed E-state index contributed by atoms with van der Waals surface area (Å²) >= 11 is 0. The van der Waals surface area contributed by atoms with E-state index in [1.807, 2.05) is 53.6 Å². The summed E-state index contributed by atoms with van der Waals surface area (Å²) in [6.07, 6.45) is -0.622. The summed E-state index contributed by atoms with van der Waals surface area (Å²) in [6, 6.07) is 5.19. The first-order valence-corrected chi connectivity index (χ1v) is 26.9. The lowest BCUT2D eigenvalue weighted by molar-refractivity contribution is -0.272. The number of methoxy groups -OCH3 is 1. The minimum Gasteiger partial charge on any atom is -0.459 e. The zero-order valence-corrected chi connectivity index (χ0v) is 44.4. The number of carbonyl (C=O) groups excluding carboxylic acids is 1. The molecule has 400 valence electrons. The zero-order valence-electron chi connectivity index (χ0n) is 43.6. The third kappa shape index (κ3) is 15.9. The predicted octanol–water partition coefficient (Wildman–Crippen LogP) is 4.66. The first kappa shape index (κ1) is 58.2. The molecule has 20 heteroatoms. The Morgan fingerprint density at radius 3 is 2.29 bits per heavy atom. The molecule has 3 aliphatic heterocycles. The summed E-state index contributed by atoms with van der Waals surface area (Å²) in [5.41, 5.74) is -0.876. The summed E-state index contributed by atoms with van der Waals surface area (Å²) in [4.78, 5) is 18.6. The van der Waals surface area contributed by atoms with Crippen LogP contribution in [0.25, 0.3) is 0 Å². The minimum atomic E-state index is -3.32. The minimum absolute atomic E-state index is 0.0192. The van der Waals surface area contributed by atoms with E-state index in [4.69, 9.17) is 33.2 Å². The monoisotopic (exact) mass is 1010 g/mol. The van der Waals surface area contributed by atoms with E-state index >= 15 is 0 Å². The highest BCUT2D eigenvalue weighted by atomic mass is 32.2. The summed E-state index contributed by atoms with van der Waals surface area (Å²) in [7, 11) is 2.22. The van der Waals surface area contributed by atoms with Crippen LogP contribution in [0.1, 0.15) is 118 Å². The van der Waals surface area contributed by atoms with Crippen LogP contribution in [0, 0.1) is 11.8 Å². The number of esters is 1. The highest BCUT2D eigenvalue weighted by Gasteiger charge is 2.47. The van der Waals surface area contributed by atoms with Crippen molar-refractivity contribution in [3.05, 3.63) is 41.7 Å². The van der Waals surface area contributed by atoms with E-state index in [1.54, 1.807) is 39.3 Å². The third-order valence-corrected chi connectivity index (χ3v) is 15.9. The molecule has 1 aromatic carbocycles. The molecule has 0 unspecified atom stereocenters. The summed E-state index contributed by atoms with van der Waals surface area (Å²) < 4.78 is 83.4. The van der Waals surface area contributed by atoms with Gasteiger partial charge < -0.3 is 58.3 Å². The number of sulfone groups is 1. The van der Waals surface area contributed by atoms with E-state index in [2.05, 4.69) is 15.2 Å². The number of hydrogen-bond acceptors (Lipinski definition) is 17. The summed E-state index contributed by atoms with van der Waals surface area (Å²) in [5.74, 6) is -1.63. The first-order chi connectivity index (χ1) is 32.9. The predicted molar refractivity (Wildman–Crippen MR) is 259 cm³/mol. The first-order valence-electron chi connectivity index (χ1n) is 25.1. The molecular weight excluding hydrogens is 930 g/mol. The van der Waals surface area contributed by atoms with Crippen LogP contribution in [0.4, 0.5) is 4.39 Å². The number of hydrogen-bond donors (Lipinski definition) is 3. The van der Waals surface area contributed by atoms with Crippen LogP contribution < -0.4 is 0 Å². The maximum atomic E-state index is 14.2. The molecule has 0 bridgehead atoms. The van der Waals surface area contributed by atoms with Crippen LogP contribution in [0.2, 0.25) is 0 Å². The van der Waals surface area contributed by atoms with Crippen molar-refractivity contribution < 1.29 is 66.1 Å². The number of halogens is 1. The van der Waals surface area contributed by atoms with Crippen molar-refractivity contribution in [1.82, 2.24) is 24.8 Å². The number of carbonyl (C=O) groups is 1. The highest BCUT2D eigenvalue weighted by Crippen LogP contribution is 2.36. The van der Waals surface area contributed by atoms with Gasteiger partial charge in [0.15, 0.2) is 22.4 Å². The molecule has 5 rings (SSSR count). The van der Waals surface area contributed by atoms with Crippen molar-refractivity contribution in [2.24, 2.45) is 11.8 Å². The second-order valence-corrected chi connectivity index (χ2v) is 23.1. The molecule has 3 N–H and O–H groups in total. The van der Waals surface area contributed by atoms with Gasteiger partial charge in [0.2, 0.25) is 0 Å². The molecule has 3 aliphatic rings. The van der Waals surface area contributed by atoms with E-state index in [0.29, 0.717) is 57.3 Å². The van der Waals surface area contributed by atoms with Crippen molar-refractivity contribution in [3.63, 3.8) is 0 Å². The van der Waals surface area contributed by atoms with E-state index in [0.717, 1.165) is 11.8 Å². The molecule has 4 heterocycles. The number of alkyl halides is 1. The molecule has 0 spiro atoms. The number of benzene rings is 1. The van der Waals surface area contributed by atoms with Crippen LogP contribution in [-0.2, 0) is 60.8 Å². The van der Waals surface area contributed by atoms with Gasteiger partial charge in [0.05, 0.1) is 65.8 Å². The van der Waals surface area contributed by atoms with Gasteiger partial charge in [0.25, 0.3) is 0 Å². The number of aliphatic hydroxyl groups excluding tert-OH is 2. The van der Waals surface area contributed by atoms with Crippen LogP contribution in [0.3, 0.4) is 0 Å². The lowest BCUT2D eigenvalue weighted by Gasteiger charge is -2.43. The molecule has 3 fully saturated rings. The molecule has 2 aromatic rings. The van der Waals surface area contributed by atoms with Crippen molar-refractivity contribution in [1.29, 1.82) is 0 Å². The zero-order chi connectivity index (χ0) is 51.7. The van der Waals surface area contributed by atoms with Gasteiger partial charge in [0.1, 0.15) is 30.5 Å². The Hall–Kier alpha value is -2.73. The smallest absolute Gasteiger partial charge is 0.311 e. The van der Waals surface area contributed by atoms with Gasteiger partial charge >= 0.3 is 5.97 Å². The van der Waals surface area contributed by atoms with Crippen LogP contribution in [0.5, 0.6) is 0 Å². The summed E-state index contributed by atoms with van der Waals surface area (Å²) in [6.45, 7) is 15.4. The summed E-state index contributed by atoms with van der Waals surface area (Å²) in [5, 5.41) is 44.1. The quantitative estimate of drug-likeness (QED) is 0.184. The van der Waals surface area contributed by atoms with Gasteiger partial charge in [-0.15, -0.1) is 5.10 Å². The van der Waals surface area contributed by atoms with Gasteiger partial charge in [0, 0.05) is 76.8 Å². The molecule has 3 saturated heterocycles. The maximum absolute atomic E-state index is 14.2. The van der Waals surface area contributed by atoms with E-state index in [9.17, 15) is 32.9 Å². The lowest BCUT2D eigenvalue weighted by atomic mass is 9.86. The van der Waals surface area contributed by atoms with Crippen molar-refractivity contribution in [2.75, 3.05) is 53.8 Å². The Bertz CT molecular complexity index is 2030. The Balaban J connectivity index is 1.30. The topological polar surface area (TPSA) is 214 Å². The molecule has 0 saturated carbocycles. The Morgan fingerprint density at radius 2 is 1.64 bits per heavy atom. The van der Waals surface area contributed by atoms with Gasteiger partial charge in [-0.3, -0.25) is 4.79 Å². The molecule has 0 amide bonds. The SMILES string of the molecule is CC[C@H]1OC(=O)[C@H](C)[C@@H](O[C@H]2C[C@@](C)(OC)C[C@H](C)O2)C[C@@H](O[C@H]2C[C@@H](N(C)CCc3cn([C@H](CF)COCc4ccc(S(C)(=O)=O)cc4)nn3)C[C@@H](C)O2)[C@H](O)C[C@@H](C)CN(C)[C@H](C)[C@@H](O)[C@]1(C)O. The van der Waals surface area contributed by atoms with E-state index in [-0.39, 0.29) is 55.1 Å². The van der Waals surface area contributed by atoms with E-state index in [1.165, 1.54) is 23.7 Å². The average molecular weight is 1010 g/mol. The second-order valence-electron chi connectivity index (χ2n) is 21.1. The normalized spacial score (nSPS) is 36.3. The molecule has 16 atom stereocenters. The molecular formula is C50H84FN5O13S. The third-order valence-electron chi connectivity index (χ3n) is 14.8. The van der Waals surface area contributed by atoms with Gasteiger partial charge in [-0.25, -0.2) is 17.5 Å². The fraction of sp³-hybridized carbons (Fsp3) is 0.820. The van der Waals surface area contributed by atoms with Crippen LogP contribution >= 0.6 is 0 Å². The molecule has 18 nitrogen and oxygen atoms in total. The van der Waals surface area contributed by atoms with Gasteiger partial charge in [-0.05, 0) is 98.5 Å². The molecule has 70 heavy (non-hydrogen) atoms. The molecule has 1 aromatic heterocycles. The number of ether oxygens (including phenoxy) is 7. The highest BCUT2D eigenvalue weighted by molar-refractivity contribution is 7.90. The molecule has 0 radical (unpaired) electrons. The fourth-order valence-corrected chi connectivity index (χ4v) is 10.7.